The van der Waals surface area contributed by atoms with Crippen molar-refractivity contribution in [2.45, 2.75) is 31.8 Å². The number of carbonyl (C=O) groups is 1. The third kappa shape index (κ3) is 3.57. The minimum Gasteiger partial charge on any atom is -0.305 e. The van der Waals surface area contributed by atoms with Crippen LogP contribution in [0.4, 0.5) is 0 Å². The molecule has 0 spiro atoms. The number of rotatable bonds is 4. The minimum atomic E-state index is -0.184. The quantitative estimate of drug-likeness (QED) is 0.516. The van der Waals surface area contributed by atoms with E-state index in [0.29, 0.717) is 12.1 Å². The predicted octanol–water partition coefficient (Wildman–Crippen LogP) is 2.19. The molecule has 1 aromatic carbocycles. The first-order valence-corrected chi connectivity index (χ1v) is 7.94. The highest BCUT2D eigenvalue weighted by molar-refractivity contribution is 5.93. The fourth-order valence-electron chi connectivity index (χ4n) is 3.07. The zero-order valence-electron chi connectivity index (χ0n) is 13.3. The molecule has 3 rings (SSSR count). The fraction of sp³-hybridized carbons (Fsp3) is 0.333. The van der Waals surface area contributed by atoms with Gasteiger partial charge in [-0.15, -0.1) is 0 Å². The zero-order chi connectivity index (χ0) is 16.2. The third-order valence-electron chi connectivity index (χ3n) is 4.24. The summed E-state index contributed by atoms with van der Waals surface area (Å²) in [6, 6.07) is 12.0. The van der Waals surface area contributed by atoms with Gasteiger partial charge >= 0.3 is 0 Å². The van der Waals surface area contributed by atoms with Crippen molar-refractivity contribution < 1.29 is 4.79 Å². The molecule has 1 aromatic heterocycles. The molecule has 1 aliphatic rings. The highest BCUT2D eigenvalue weighted by Crippen LogP contribution is 2.27. The van der Waals surface area contributed by atoms with E-state index in [9.17, 15) is 4.79 Å². The summed E-state index contributed by atoms with van der Waals surface area (Å²) in [4.78, 5) is 16.5. The molecule has 0 saturated carbocycles. The molecule has 0 bridgehead atoms. The van der Waals surface area contributed by atoms with Crippen molar-refractivity contribution >= 4 is 5.91 Å². The van der Waals surface area contributed by atoms with Crippen molar-refractivity contribution in [1.29, 1.82) is 0 Å². The van der Waals surface area contributed by atoms with E-state index >= 15 is 0 Å². The van der Waals surface area contributed by atoms with Crippen LogP contribution in [-0.4, -0.2) is 22.9 Å². The first-order valence-electron chi connectivity index (χ1n) is 7.94. The van der Waals surface area contributed by atoms with Crippen molar-refractivity contribution in [2.75, 3.05) is 7.05 Å². The van der Waals surface area contributed by atoms with Gasteiger partial charge in [-0.25, -0.2) is 5.84 Å². The molecule has 120 valence electrons. The number of nitrogens with two attached hydrogens (primary N) is 1. The van der Waals surface area contributed by atoms with E-state index in [-0.39, 0.29) is 11.9 Å². The normalized spacial score (nSPS) is 16.7. The van der Waals surface area contributed by atoms with E-state index in [0.717, 1.165) is 29.1 Å². The van der Waals surface area contributed by atoms with Crippen LogP contribution in [0, 0.1) is 0 Å². The Hall–Kier alpha value is -2.24. The summed E-state index contributed by atoms with van der Waals surface area (Å²) in [6.45, 7) is 0.704. The Balaban J connectivity index is 1.70. The number of aryl methyl sites for hydroxylation is 1. The van der Waals surface area contributed by atoms with Crippen molar-refractivity contribution in [1.82, 2.24) is 15.3 Å². The Bertz CT molecular complexity index is 699. The summed E-state index contributed by atoms with van der Waals surface area (Å²) >= 11 is 0. The number of aromatic nitrogens is 1. The lowest BCUT2D eigenvalue weighted by molar-refractivity contribution is 0.0795. The van der Waals surface area contributed by atoms with Crippen LogP contribution in [0.2, 0.25) is 0 Å². The van der Waals surface area contributed by atoms with Gasteiger partial charge in [0.2, 0.25) is 0 Å². The molecule has 23 heavy (non-hydrogen) atoms. The van der Waals surface area contributed by atoms with E-state index in [1.807, 2.05) is 30.5 Å². The highest BCUT2D eigenvalue weighted by atomic mass is 16.2. The lowest BCUT2D eigenvalue weighted by Gasteiger charge is -2.25. The Morgan fingerprint density at radius 2 is 2.26 bits per heavy atom. The molecule has 1 atom stereocenters. The maximum absolute atomic E-state index is 11.9. The molecule has 2 aromatic rings. The number of hydrogen-bond acceptors (Lipinski definition) is 4. The Kier molecular flexibility index (Phi) is 4.69. The van der Waals surface area contributed by atoms with Gasteiger partial charge in [0.25, 0.3) is 5.91 Å². The second-order valence-electron chi connectivity index (χ2n) is 5.99. The van der Waals surface area contributed by atoms with Crippen LogP contribution < -0.4 is 11.2 Å². The Morgan fingerprint density at radius 3 is 3.09 bits per heavy atom. The average molecular weight is 310 g/mol. The third-order valence-corrected chi connectivity index (χ3v) is 4.24. The smallest absolute Gasteiger partial charge is 0.267 e. The van der Waals surface area contributed by atoms with Crippen molar-refractivity contribution in [3.05, 3.63) is 65.0 Å². The van der Waals surface area contributed by atoms with E-state index in [1.165, 1.54) is 12.0 Å². The fourth-order valence-corrected chi connectivity index (χ4v) is 3.07. The number of benzene rings is 1. The molecule has 1 unspecified atom stereocenters. The number of fused-ring (bicyclic) bond motifs is 1. The maximum atomic E-state index is 11.9. The van der Waals surface area contributed by atoms with E-state index in [4.69, 9.17) is 5.84 Å². The summed E-state index contributed by atoms with van der Waals surface area (Å²) in [5, 5.41) is 4.68. The Labute approximate surface area is 136 Å². The lowest BCUT2D eigenvalue weighted by Crippen LogP contribution is -2.33. The minimum absolute atomic E-state index is 0.184. The summed E-state index contributed by atoms with van der Waals surface area (Å²) < 4.78 is 0. The maximum Gasteiger partial charge on any atom is 0.267 e. The summed E-state index contributed by atoms with van der Waals surface area (Å²) in [6.07, 6.45) is 5.23. The summed E-state index contributed by atoms with van der Waals surface area (Å²) in [7, 11) is 1.55. The van der Waals surface area contributed by atoms with Gasteiger partial charge in [-0.2, -0.15) is 0 Å². The summed E-state index contributed by atoms with van der Waals surface area (Å²) in [5.41, 5.74) is 4.18. The predicted molar refractivity (Wildman–Crippen MR) is 89.5 cm³/mol. The number of nitrogens with one attached hydrogen (secondary N) is 1. The highest BCUT2D eigenvalue weighted by Gasteiger charge is 2.20. The molecule has 0 fully saturated rings. The number of pyridine rings is 1. The molecule has 0 radical (unpaired) electrons. The molecule has 1 heterocycles. The van der Waals surface area contributed by atoms with Gasteiger partial charge in [-0.3, -0.25) is 14.8 Å². The van der Waals surface area contributed by atoms with Gasteiger partial charge < -0.3 is 5.32 Å². The van der Waals surface area contributed by atoms with Crippen molar-refractivity contribution in [3.8, 4) is 0 Å². The number of amides is 1. The molecule has 0 aliphatic heterocycles. The van der Waals surface area contributed by atoms with Crippen LogP contribution in [0.5, 0.6) is 0 Å². The zero-order valence-corrected chi connectivity index (χ0v) is 13.3. The molecule has 0 saturated heterocycles. The second kappa shape index (κ2) is 6.89. The number of carbonyl (C=O) groups excluding carboxylic acids is 1. The number of hydrazine groups is 1. The second-order valence-corrected chi connectivity index (χ2v) is 5.99. The molecule has 1 aliphatic carbocycles. The first-order chi connectivity index (χ1) is 11.1. The van der Waals surface area contributed by atoms with E-state index in [2.05, 4.69) is 16.4 Å². The van der Waals surface area contributed by atoms with Gasteiger partial charge in [0.15, 0.2) is 0 Å². The molecule has 3 N–H and O–H groups in total. The van der Waals surface area contributed by atoms with Crippen LogP contribution in [0.25, 0.3) is 0 Å². The monoisotopic (exact) mass is 310 g/mol. The number of nitrogens with zero attached hydrogens (tertiary/aromatic N) is 2. The van der Waals surface area contributed by atoms with E-state index < -0.39 is 0 Å². The molecular formula is C18H22N4O. The van der Waals surface area contributed by atoms with Gasteiger partial charge in [0.05, 0.1) is 11.7 Å². The number of hydrogen-bond donors (Lipinski definition) is 2. The molecular weight excluding hydrogens is 288 g/mol. The van der Waals surface area contributed by atoms with Crippen LogP contribution in [0.15, 0.2) is 42.6 Å². The molecule has 1 amide bonds. The van der Waals surface area contributed by atoms with Crippen LogP contribution in [0.3, 0.4) is 0 Å². The average Bonchev–Trinajstić information content (AvgIpc) is 2.59. The van der Waals surface area contributed by atoms with Crippen LogP contribution in [-0.2, 0) is 13.0 Å². The van der Waals surface area contributed by atoms with E-state index in [1.54, 1.807) is 13.1 Å². The van der Waals surface area contributed by atoms with Gasteiger partial charge in [0, 0.05) is 25.4 Å². The standard InChI is InChI=1S/C18H22N4O/c1-22(19)18(23)15-7-2-5-13(11-15)12-21-16-9-3-6-14-8-4-10-20-17(14)16/h2,4-5,7-8,10-11,16,21H,3,6,9,12,19H2,1H3. The topological polar surface area (TPSA) is 71.2 Å². The van der Waals surface area contributed by atoms with Gasteiger partial charge in [-0.1, -0.05) is 18.2 Å². The van der Waals surface area contributed by atoms with Crippen molar-refractivity contribution in [3.63, 3.8) is 0 Å². The van der Waals surface area contributed by atoms with Crippen LogP contribution in [0.1, 0.15) is 46.1 Å². The lowest BCUT2D eigenvalue weighted by atomic mass is 9.92. The molecule has 5 nitrogen and oxygen atoms in total. The van der Waals surface area contributed by atoms with Gasteiger partial charge in [-0.05, 0) is 48.6 Å². The largest absolute Gasteiger partial charge is 0.305 e. The SMILES string of the molecule is CN(N)C(=O)c1cccc(CNC2CCCc3cccnc32)c1. The Morgan fingerprint density at radius 1 is 1.39 bits per heavy atom. The summed E-state index contributed by atoms with van der Waals surface area (Å²) in [5.74, 6) is 5.34. The van der Waals surface area contributed by atoms with Crippen LogP contribution >= 0.6 is 0 Å². The molecule has 5 heteroatoms. The first kappa shape index (κ1) is 15.6. The van der Waals surface area contributed by atoms with Crippen molar-refractivity contribution in [2.24, 2.45) is 5.84 Å². The van der Waals surface area contributed by atoms with Gasteiger partial charge in [0.1, 0.15) is 0 Å².